The largest absolute Gasteiger partial charge is 0.456 e. The zero-order valence-corrected chi connectivity index (χ0v) is 16.0. The van der Waals surface area contributed by atoms with Crippen molar-refractivity contribution in [3.63, 3.8) is 0 Å². The number of hydrogen-bond donors (Lipinski definition) is 1. The van der Waals surface area contributed by atoms with Crippen LogP contribution in [0.15, 0.2) is 46.0 Å². The van der Waals surface area contributed by atoms with Crippen LogP contribution < -0.4 is 5.32 Å². The molecule has 0 saturated heterocycles. The Morgan fingerprint density at radius 2 is 2.04 bits per heavy atom. The molecule has 8 heteroatoms. The van der Waals surface area contributed by atoms with E-state index in [1.165, 1.54) is 23.9 Å². The van der Waals surface area contributed by atoms with Crippen molar-refractivity contribution in [1.82, 2.24) is 9.36 Å². The van der Waals surface area contributed by atoms with E-state index in [4.69, 9.17) is 4.42 Å². The minimum absolute atomic E-state index is 0.259. The molecule has 3 aromatic rings. The van der Waals surface area contributed by atoms with Gasteiger partial charge in [-0.1, -0.05) is 37.7 Å². The van der Waals surface area contributed by atoms with Gasteiger partial charge >= 0.3 is 0 Å². The van der Waals surface area contributed by atoms with Gasteiger partial charge in [-0.3, -0.25) is 10.1 Å². The third-order valence-electron chi connectivity index (χ3n) is 3.40. The van der Waals surface area contributed by atoms with Crippen molar-refractivity contribution in [1.29, 1.82) is 0 Å². The summed E-state index contributed by atoms with van der Waals surface area (Å²) in [5.41, 5.74) is 0.977. The quantitative estimate of drug-likeness (QED) is 0.573. The number of anilines is 1. The van der Waals surface area contributed by atoms with Crippen LogP contribution in [0.25, 0.3) is 0 Å². The Labute approximate surface area is 159 Å². The van der Waals surface area contributed by atoms with E-state index in [0.717, 1.165) is 29.3 Å². The molecule has 136 valence electrons. The summed E-state index contributed by atoms with van der Waals surface area (Å²) in [5, 5.41) is 3.68. The SMILES string of the molecule is CC(C)Cc1ccc(C(=O)Nc2nc(SCc3ccc(F)cc3)ns2)o1. The maximum absolute atomic E-state index is 12.9. The molecule has 1 N–H and O–H groups in total. The normalized spacial score (nSPS) is 11.1. The van der Waals surface area contributed by atoms with Crippen molar-refractivity contribution in [3.05, 3.63) is 59.3 Å². The molecular weight excluding hydrogens is 373 g/mol. The molecule has 0 spiro atoms. The third-order valence-corrected chi connectivity index (χ3v) is 5.07. The van der Waals surface area contributed by atoms with Crippen LogP contribution in [0.5, 0.6) is 0 Å². The molecule has 26 heavy (non-hydrogen) atoms. The summed E-state index contributed by atoms with van der Waals surface area (Å²) in [4.78, 5) is 16.5. The van der Waals surface area contributed by atoms with Crippen LogP contribution in [-0.4, -0.2) is 15.3 Å². The van der Waals surface area contributed by atoms with Crippen molar-refractivity contribution < 1.29 is 13.6 Å². The number of nitrogens with one attached hydrogen (secondary N) is 1. The summed E-state index contributed by atoms with van der Waals surface area (Å²) in [5.74, 6) is 1.53. The van der Waals surface area contributed by atoms with Crippen molar-refractivity contribution in [2.24, 2.45) is 5.92 Å². The average Bonchev–Trinajstić information content (AvgIpc) is 3.23. The maximum Gasteiger partial charge on any atom is 0.293 e. The first-order valence-electron chi connectivity index (χ1n) is 8.10. The molecule has 0 aliphatic carbocycles. The molecule has 1 aromatic carbocycles. The summed E-state index contributed by atoms with van der Waals surface area (Å²) < 4.78 is 22.7. The Morgan fingerprint density at radius 1 is 1.27 bits per heavy atom. The lowest BCUT2D eigenvalue weighted by Crippen LogP contribution is -2.10. The van der Waals surface area contributed by atoms with Gasteiger partial charge in [0, 0.05) is 23.7 Å². The Bertz CT molecular complexity index is 875. The van der Waals surface area contributed by atoms with Crippen LogP contribution in [0, 0.1) is 11.7 Å². The Balaban J connectivity index is 1.55. The highest BCUT2D eigenvalue weighted by Gasteiger charge is 2.15. The van der Waals surface area contributed by atoms with Crippen molar-refractivity contribution in [2.75, 3.05) is 5.32 Å². The van der Waals surface area contributed by atoms with Crippen molar-refractivity contribution in [3.8, 4) is 0 Å². The Hall–Kier alpha value is -2.19. The molecule has 0 bridgehead atoms. The van der Waals surface area contributed by atoms with E-state index >= 15 is 0 Å². The Morgan fingerprint density at radius 3 is 2.77 bits per heavy atom. The van der Waals surface area contributed by atoms with E-state index in [2.05, 4.69) is 28.5 Å². The highest BCUT2D eigenvalue weighted by molar-refractivity contribution is 7.98. The predicted octanol–water partition coefficient (Wildman–Crippen LogP) is 5.01. The molecule has 0 aliphatic heterocycles. The minimum Gasteiger partial charge on any atom is -0.456 e. The third kappa shape index (κ3) is 5.15. The lowest BCUT2D eigenvalue weighted by molar-refractivity contribution is 0.0994. The fourth-order valence-electron chi connectivity index (χ4n) is 2.22. The lowest BCUT2D eigenvalue weighted by atomic mass is 10.1. The van der Waals surface area contributed by atoms with E-state index in [0.29, 0.717) is 22.0 Å². The van der Waals surface area contributed by atoms with Gasteiger partial charge in [0.1, 0.15) is 11.6 Å². The summed E-state index contributed by atoms with van der Waals surface area (Å²) in [6, 6.07) is 9.78. The fraction of sp³-hybridized carbons (Fsp3) is 0.278. The van der Waals surface area contributed by atoms with Gasteiger partial charge in [-0.05, 0) is 35.7 Å². The first-order valence-corrected chi connectivity index (χ1v) is 9.86. The molecule has 0 saturated carbocycles. The molecule has 2 heterocycles. The van der Waals surface area contributed by atoms with Crippen LogP contribution >= 0.6 is 23.3 Å². The molecule has 5 nitrogen and oxygen atoms in total. The molecule has 0 unspecified atom stereocenters. The van der Waals surface area contributed by atoms with Gasteiger partial charge in [0.15, 0.2) is 5.76 Å². The molecule has 1 amide bonds. The van der Waals surface area contributed by atoms with Gasteiger partial charge in [-0.15, -0.1) is 0 Å². The van der Waals surface area contributed by atoms with Crippen LogP contribution in [0.3, 0.4) is 0 Å². The number of halogens is 1. The van der Waals surface area contributed by atoms with E-state index < -0.39 is 0 Å². The molecule has 0 atom stereocenters. The zero-order valence-electron chi connectivity index (χ0n) is 14.4. The minimum atomic E-state index is -0.341. The first kappa shape index (κ1) is 18.6. The second kappa shape index (κ2) is 8.46. The standard InChI is InChI=1S/C18H18FN3O2S2/c1-11(2)9-14-7-8-15(24-14)16(23)20-17-21-18(22-26-17)25-10-12-3-5-13(19)6-4-12/h3-8,11H,9-10H2,1-2H3,(H,20,21,22,23). The number of carbonyl (C=O) groups is 1. The smallest absolute Gasteiger partial charge is 0.293 e. The van der Waals surface area contributed by atoms with Gasteiger partial charge in [-0.25, -0.2) is 4.39 Å². The molecule has 2 aromatic heterocycles. The summed E-state index contributed by atoms with van der Waals surface area (Å²) in [7, 11) is 0. The van der Waals surface area contributed by atoms with Crippen LogP contribution in [0.4, 0.5) is 9.52 Å². The first-order chi connectivity index (χ1) is 12.5. The number of amides is 1. The number of hydrogen-bond acceptors (Lipinski definition) is 6. The number of benzene rings is 1. The molecule has 0 radical (unpaired) electrons. The van der Waals surface area contributed by atoms with E-state index in [1.807, 2.05) is 6.07 Å². The fourth-order valence-corrected chi connectivity index (χ4v) is 3.71. The topological polar surface area (TPSA) is 68.0 Å². The highest BCUT2D eigenvalue weighted by Crippen LogP contribution is 2.24. The van der Waals surface area contributed by atoms with E-state index in [9.17, 15) is 9.18 Å². The van der Waals surface area contributed by atoms with E-state index in [-0.39, 0.29) is 17.5 Å². The zero-order chi connectivity index (χ0) is 18.5. The van der Waals surface area contributed by atoms with Crippen LogP contribution in [0.2, 0.25) is 0 Å². The Kier molecular flexibility index (Phi) is 6.05. The summed E-state index contributed by atoms with van der Waals surface area (Å²) in [6.07, 6.45) is 0.788. The number of nitrogens with zero attached hydrogens (tertiary/aromatic N) is 2. The second-order valence-electron chi connectivity index (χ2n) is 6.12. The van der Waals surface area contributed by atoms with Gasteiger partial charge < -0.3 is 4.42 Å². The van der Waals surface area contributed by atoms with Gasteiger partial charge in [0.2, 0.25) is 10.3 Å². The van der Waals surface area contributed by atoms with Crippen molar-refractivity contribution >= 4 is 34.3 Å². The monoisotopic (exact) mass is 391 g/mol. The lowest BCUT2D eigenvalue weighted by Gasteiger charge is -2.00. The highest BCUT2D eigenvalue weighted by atomic mass is 32.2. The van der Waals surface area contributed by atoms with Crippen LogP contribution in [0.1, 0.15) is 35.7 Å². The predicted molar refractivity (Wildman–Crippen MR) is 101 cm³/mol. The summed E-state index contributed by atoms with van der Waals surface area (Å²) >= 11 is 2.54. The maximum atomic E-state index is 12.9. The molecule has 3 rings (SSSR count). The number of aromatic nitrogens is 2. The average molecular weight is 391 g/mol. The van der Waals surface area contributed by atoms with Gasteiger partial charge in [0.25, 0.3) is 5.91 Å². The van der Waals surface area contributed by atoms with Gasteiger partial charge in [-0.2, -0.15) is 9.36 Å². The van der Waals surface area contributed by atoms with Gasteiger partial charge in [0.05, 0.1) is 0 Å². The van der Waals surface area contributed by atoms with Crippen molar-refractivity contribution in [2.45, 2.75) is 31.2 Å². The second-order valence-corrected chi connectivity index (χ2v) is 7.81. The van der Waals surface area contributed by atoms with Crippen LogP contribution in [-0.2, 0) is 12.2 Å². The molecule has 0 aliphatic rings. The molecular formula is C18H18FN3O2S2. The van der Waals surface area contributed by atoms with E-state index in [1.54, 1.807) is 18.2 Å². The summed E-state index contributed by atoms with van der Waals surface area (Å²) in [6.45, 7) is 4.18. The molecule has 0 fully saturated rings. The number of carbonyl (C=O) groups excluding carboxylic acids is 1. The number of thioether (sulfide) groups is 1. The number of rotatable bonds is 7. The number of furan rings is 1.